The smallest absolute Gasteiger partial charge is 0.0361 e. The molecule has 7 aromatic carbocycles. The van der Waals surface area contributed by atoms with Crippen LogP contribution >= 0.6 is 11.3 Å². The summed E-state index contributed by atoms with van der Waals surface area (Å²) in [5, 5.41) is 5.40. The van der Waals surface area contributed by atoms with E-state index in [1.54, 1.807) is 0 Å². The number of thiophene rings is 1. The highest BCUT2D eigenvalue weighted by atomic mass is 32.1. The molecule has 0 saturated heterocycles. The predicted octanol–water partition coefficient (Wildman–Crippen LogP) is 13.3. The first-order valence-corrected chi connectivity index (χ1v) is 17.7. The van der Waals surface area contributed by atoms with Gasteiger partial charge in [0, 0.05) is 25.6 Å². The molecule has 0 aliphatic heterocycles. The SMILES string of the molecule is Cc1cc2c(c3ccccc13)-c1ccc(/C=C(/Cc3cccc(-c4ccccc4)c3)c3cccc4sc5ccccc5c34)cc1C2(C)C. The van der Waals surface area contributed by atoms with E-state index in [4.69, 9.17) is 0 Å². The molecule has 0 nitrogen and oxygen atoms in total. The highest BCUT2D eigenvalue weighted by Crippen LogP contribution is 2.52. The molecule has 0 N–H and O–H groups in total. The second-order valence-electron chi connectivity index (χ2n) is 13.8. The Morgan fingerprint density at radius 1 is 0.604 bits per heavy atom. The van der Waals surface area contributed by atoms with Crippen LogP contribution in [0.15, 0.2) is 146 Å². The summed E-state index contributed by atoms with van der Waals surface area (Å²) >= 11 is 1.89. The summed E-state index contributed by atoms with van der Waals surface area (Å²) in [6.07, 6.45) is 3.30. The maximum Gasteiger partial charge on any atom is 0.0361 e. The van der Waals surface area contributed by atoms with Gasteiger partial charge in [0.25, 0.3) is 0 Å². The number of allylic oxidation sites excluding steroid dienone is 1. The third-order valence-corrected chi connectivity index (χ3v) is 11.6. The second kappa shape index (κ2) is 11.2. The van der Waals surface area contributed by atoms with Crippen LogP contribution in [0.1, 0.15) is 47.2 Å². The van der Waals surface area contributed by atoms with Crippen molar-refractivity contribution in [2.75, 3.05) is 0 Å². The number of hydrogen-bond acceptors (Lipinski definition) is 1. The van der Waals surface area contributed by atoms with Crippen LogP contribution in [0.25, 0.3) is 64.8 Å². The van der Waals surface area contributed by atoms with E-state index in [0.717, 1.165) is 6.42 Å². The van der Waals surface area contributed by atoms with Gasteiger partial charge in [-0.3, -0.25) is 0 Å². The van der Waals surface area contributed by atoms with Gasteiger partial charge in [-0.1, -0.05) is 153 Å². The number of rotatable bonds is 5. The van der Waals surface area contributed by atoms with E-state index in [0.29, 0.717) is 0 Å². The lowest BCUT2D eigenvalue weighted by atomic mass is 9.80. The highest BCUT2D eigenvalue weighted by Gasteiger charge is 2.37. The number of benzene rings is 7. The third kappa shape index (κ3) is 4.65. The first-order chi connectivity index (χ1) is 23.5. The molecule has 0 fully saturated rings. The van der Waals surface area contributed by atoms with Crippen molar-refractivity contribution < 1.29 is 0 Å². The summed E-state index contributed by atoms with van der Waals surface area (Å²) in [6, 6.07) is 54.0. The average Bonchev–Trinajstić information content (AvgIpc) is 3.61. The molecule has 1 heteroatoms. The average molecular weight is 633 g/mol. The molecule has 48 heavy (non-hydrogen) atoms. The van der Waals surface area contributed by atoms with Crippen LogP contribution in [0.4, 0.5) is 0 Å². The summed E-state index contributed by atoms with van der Waals surface area (Å²) in [5.74, 6) is 0. The quantitative estimate of drug-likeness (QED) is 0.166. The molecule has 1 heterocycles. The van der Waals surface area contributed by atoms with E-state index >= 15 is 0 Å². The molecule has 230 valence electrons. The van der Waals surface area contributed by atoms with Crippen molar-refractivity contribution in [3.63, 3.8) is 0 Å². The Kier molecular flexibility index (Phi) is 6.74. The molecule has 1 aromatic heterocycles. The molecular formula is C47H36S. The summed E-state index contributed by atoms with van der Waals surface area (Å²) in [4.78, 5) is 0. The summed E-state index contributed by atoms with van der Waals surface area (Å²) in [5.41, 5.74) is 14.6. The topological polar surface area (TPSA) is 0 Å². The number of hydrogen-bond donors (Lipinski definition) is 0. The van der Waals surface area contributed by atoms with Gasteiger partial charge in [0.15, 0.2) is 0 Å². The zero-order chi connectivity index (χ0) is 32.4. The molecule has 0 bridgehead atoms. The number of aryl methyl sites for hydroxylation is 1. The molecule has 0 spiro atoms. The molecule has 1 aliphatic rings. The van der Waals surface area contributed by atoms with Crippen molar-refractivity contribution in [1.29, 1.82) is 0 Å². The van der Waals surface area contributed by atoms with Crippen molar-refractivity contribution in [2.45, 2.75) is 32.6 Å². The lowest BCUT2D eigenvalue weighted by molar-refractivity contribution is 0.660. The molecule has 0 atom stereocenters. The van der Waals surface area contributed by atoms with E-state index in [1.807, 2.05) is 11.3 Å². The Morgan fingerprint density at radius 2 is 1.31 bits per heavy atom. The van der Waals surface area contributed by atoms with E-state index < -0.39 is 0 Å². The van der Waals surface area contributed by atoms with Crippen LogP contribution < -0.4 is 0 Å². The minimum absolute atomic E-state index is 0.0862. The standard InChI is InChI=1S/C47H36S/c1-30-25-42-45(38-18-8-7-17-36(30)38)39-24-23-32(29-41(39)47(42,2)3)28-35(27-31-13-11-16-34(26-31)33-14-5-4-6-15-33)37-20-12-22-44-46(37)40-19-9-10-21-43(40)48-44/h4-26,28-29H,27H2,1-3H3/b35-28-. The molecule has 0 radical (unpaired) electrons. The van der Waals surface area contributed by atoms with Gasteiger partial charge in [-0.2, -0.15) is 0 Å². The highest BCUT2D eigenvalue weighted by molar-refractivity contribution is 7.25. The van der Waals surface area contributed by atoms with Crippen molar-refractivity contribution in [3.8, 4) is 22.3 Å². The Bertz CT molecular complexity index is 2560. The second-order valence-corrected chi connectivity index (χ2v) is 14.9. The first kappa shape index (κ1) is 28.9. The van der Waals surface area contributed by atoms with Gasteiger partial charge in [-0.15, -0.1) is 11.3 Å². The maximum atomic E-state index is 2.46. The Balaban J connectivity index is 1.23. The summed E-state index contributed by atoms with van der Waals surface area (Å²) in [6.45, 7) is 7.05. The fourth-order valence-electron chi connectivity index (χ4n) is 8.05. The Hall–Kier alpha value is -5.24. The molecule has 0 amide bonds. The molecule has 0 saturated carbocycles. The first-order valence-electron chi connectivity index (χ1n) is 16.9. The Labute approximate surface area is 286 Å². The van der Waals surface area contributed by atoms with E-state index in [2.05, 4.69) is 172 Å². The molecule has 9 rings (SSSR count). The maximum absolute atomic E-state index is 2.46. The van der Waals surface area contributed by atoms with Gasteiger partial charge in [-0.25, -0.2) is 0 Å². The van der Waals surface area contributed by atoms with E-state index in [1.165, 1.54) is 92.2 Å². The molecule has 0 unspecified atom stereocenters. The van der Waals surface area contributed by atoms with Crippen molar-refractivity contribution in [3.05, 3.63) is 179 Å². The lowest BCUT2D eigenvalue weighted by Gasteiger charge is -2.23. The zero-order valence-corrected chi connectivity index (χ0v) is 28.4. The van der Waals surface area contributed by atoms with Gasteiger partial charge in [0.1, 0.15) is 0 Å². The number of fused-ring (bicyclic) bond motifs is 8. The van der Waals surface area contributed by atoms with Gasteiger partial charge in [-0.05, 0) is 97.5 Å². The minimum atomic E-state index is -0.0862. The normalized spacial score (nSPS) is 13.7. The van der Waals surface area contributed by atoms with Crippen molar-refractivity contribution >= 4 is 53.9 Å². The predicted molar refractivity (Wildman–Crippen MR) is 209 cm³/mol. The van der Waals surface area contributed by atoms with Crippen molar-refractivity contribution in [1.82, 2.24) is 0 Å². The molecule has 8 aromatic rings. The van der Waals surface area contributed by atoms with Crippen LogP contribution in [-0.2, 0) is 11.8 Å². The largest absolute Gasteiger partial charge is 0.135 e. The van der Waals surface area contributed by atoms with Crippen LogP contribution in [-0.4, -0.2) is 0 Å². The lowest BCUT2D eigenvalue weighted by Crippen LogP contribution is -2.15. The molecular weight excluding hydrogens is 597 g/mol. The van der Waals surface area contributed by atoms with Crippen molar-refractivity contribution in [2.24, 2.45) is 0 Å². The fourth-order valence-corrected chi connectivity index (χ4v) is 9.18. The monoisotopic (exact) mass is 632 g/mol. The minimum Gasteiger partial charge on any atom is -0.135 e. The summed E-state index contributed by atoms with van der Waals surface area (Å²) in [7, 11) is 0. The van der Waals surface area contributed by atoms with E-state index in [-0.39, 0.29) is 5.41 Å². The van der Waals surface area contributed by atoms with Crippen LogP contribution in [0.3, 0.4) is 0 Å². The van der Waals surface area contributed by atoms with Gasteiger partial charge < -0.3 is 0 Å². The van der Waals surface area contributed by atoms with Crippen LogP contribution in [0, 0.1) is 6.92 Å². The summed E-state index contributed by atoms with van der Waals surface area (Å²) < 4.78 is 2.68. The van der Waals surface area contributed by atoms with E-state index in [9.17, 15) is 0 Å². The van der Waals surface area contributed by atoms with Gasteiger partial charge in [0.05, 0.1) is 0 Å². The van der Waals surface area contributed by atoms with Gasteiger partial charge in [0.2, 0.25) is 0 Å². The Morgan fingerprint density at radius 3 is 2.17 bits per heavy atom. The third-order valence-electron chi connectivity index (χ3n) is 10.4. The van der Waals surface area contributed by atoms with Crippen LogP contribution in [0.2, 0.25) is 0 Å². The molecule has 1 aliphatic carbocycles. The van der Waals surface area contributed by atoms with Crippen LogP contribution in [0.5, 0.6) is 0 Å². The fraction of sp³-hybridized carbons (Fsp3) is 0.106. The zero-order valence-electron chi connectivity index (χ0n) is 27.5. The van der Waals surface area contributed by atoms with Gasteiger partial charge >= 0.3 is 0 Å².